The maximum atomic E-state index is 13.9. The summed E-state index contributed by atoms with van der Waals surface area (Å²) in [5.41, 5.74) is 4.63. The summed E-state index contributed by atoms with van der Waals surface area (Å²) in [7, 11) is -2.10. The molecule has 0 N–H and O–H groups in total. The van der Waals surface area contributed by atoms with E-state index in [0.29, 0.717) is 39.5 Å². The molecule has 6 nitrogen and oxygen atoms in total. The quantitative estimate of drug-likeness (QED) is 0.225. The van der Waals surface area contributed by atoms with Crippen molar-refractivity contribution in [3.8, 4) is 28.0 Å². The third-order valence-electron chi connectivity index (χ3n) is 6.18. The molecule has 0 aliphatic carbocycles. The summed E-state index contributed by atoms with van der Waals surface area (Å²) in [6.07, 6.45) is 3.75. The average molecular weight is 537 g/mol. The van der Waals surface area contributed by atoms with Gasteiger partial charge in [0, 0.05) is 33.8 Å². The van der Waals surface area contributed by atoms with E-state index < -0.39 is 9.84 Å². The molecule has 5 rings (SSSR count). The molecule has 0 saturated carbocycles. The van der Waals surface area contributed by atoms with E-state index in [9.17, 15) is 12.8 Å². The topological polar surface area (TPSA) is 82.3 Å². The number of hydrogen-bond acceptors (Lipinski definition) is 6. The van der Waals surface area contributed by atoms with Crippen LogP contribution in [0, 0.1) is 5.82 Å². The van der Waals surface area contributed by atoms with E-state index >= 15 is 0 Å². The Kier molecular flexibility index (Phi) is 6.70. The lowest BCUT2D eigenvalue weighted by atomic mass is 9.92. The second-order valence-corrected chi connectivity index (χ2v) is 10.9. The second-order valence-electron chi connectivity index (χ2n) is 8.48. The first-order valence-corrected chi connectivity index (χ1v) is 13.5. The highest BCUT2D eigenvalue weighted by atomic mass is 35.5. The Hall–Kier alpha value is -3.75. The minimum atomic E-state index is -3.67. The smallest absolute Gasteiger partial charge is 0.184 e. The first-order valence-electron chi connectivity index (χ1n) is 11.5. The number of rotatable bonds is 7. The number of benzene rings is 3. The van der Waals surface area contributed by atoms with Crippen LogP contribution < -0.4 is 4.74 Å². The first kappa shape index (κ1) is 24.9. The molecule has 0 radical (unpaired) electrons. The minimum Gasteiger partial charge on any atom is -0.496 e. The molecule has 0 spiro atoms. The molecule has 37 heavy (non-hydrogen) atoms. The van der Waals surface area contributed by atoms with Crippen LogP contribution >= 0.6 is 11.6 Å². The van der Waals surface area contributed by atoms with Crippen molar-refractivity contribution < 1.29 is 22.1 Å². The summed E-state index contributed by atoms with van der Waals surface area (Å²) in [6.45, 7) is 2.01. The predicted molar refractivity (Wildman–Crippen MR) is 141 cm³/mol. The van der Waals surface area contributed by atoms with Gasteiger partial charge >= 0.3 is 0 Å². The van der Waals surface area contributed by atoms with E-state index in [-0.39, 0.29) is 16.5 Å². The number of pyridine rings is 1. The molecule has 0 amide bonds. The van der Waals surface area contributed by atoms with Gasteiger partial charge in [-0.25, -0.2) is 12.8 Å². The lowest BCUT2D eigenvalue weighted by Crippen LogP contribution is -2.05. The van der Waals surface area contributed by atoms with Gasteiger partial charge in [-0.3, -0.25) is 4.98 Å². The molecule has 3 aromatic carbocycles. The van der Waals surface area contributed by atoms with Crippen molar-refractivity contribution in [2.45, 2.75) is 24.0 Å². The zero-order chi connectivity index (χ0) is 26.2. The number of sulfone groups is 1. The van der Waals surface area contributed by atoms with Gasteiger partial charge in [-0.05, 0) is 59.5 Å². The lowest BCUT2D eigenvalue weighted by Gasteiger charge is -2.18. The number of aromatic nitrogens is 2. The zero-order valence-electron chi connectivity index (χ0n) is 20.0. The summed E-state index contributed by atoms with van der Waals surface area (Å²) >= 11 is 6.71. The first-order chi connectivity index (χ1) is 17.8. The van der Waals surface area contributed by atoms with E-state index in [4.69, 9.17) is 20.9 Å². The fourth-order valence-electron chi connectivity index (χ4n) is 4.38. The zero-order valence-corrected chi connectivity index (χ0v) is 21.6. The van der Waals surface area contributed by atoms with Gasteiger partial charge in [0.1, 0.15) is 23.6 Å². The Labute approximate surface area is 218 Å². The molecule has 0 fully saturated rings. The molecule has 0 atom stereocenters. The Morgan fingerprint density at radius 1 is 1.05 bits per heavy atom. The van der Waals surface area contributed by atoms with Crippen LogP contribution in [-0.2, 0) is 22.0 Å². The Morgan fingerprint density at radius 2 is 1.89 bits per heavy atom. The third-order valence-corrected chi connectivity index (χ3v) is 8.14. The molecular weight excluding hydrogens is 515 g/mol. The van der Waals surface area contributed by atoms with E-state index in [1.807, 2.05) is 6.92 Å². The molecular formula is C28H22ClFN2O4S. The van der Waals surface area contributed by atoms with Crippen molar-refractivity contribution >= 4 is 32.3 Å². The van der Waals surface area contributed by atoms with Crippen LogP contribution in [-0.4, -0.2) is 25.7 Å². The number of ether oxygens (including phenoxy) is 1. The van der Waals surface area contributed by atoms with Gasteiger partial charge in [-0.1, -0.05) is 41.9 Å². The fraction of sp³-hybridized carbons (Fsp3) is 0.143. The summed E-state index contributed by atoms with van der Waals surface area (Å²) in [5.74, 6) is -0.0900. The summed E-state index contributed by atoms with van der Waals surface area (Å²) < 4.78 is 50.4. The van der Waals surface area contributed by atoms with Crippen LogP contribution in [0.1, 0.15) is 18.2 Å². The molecule has 5 aromatic rings. The van der Waals surface area contributed by atoms with Crippen LogP contribution in [0.2, 0.25) is 5.02 Å². The molecule has 2 aromatic heterocycles. The Balaban J connectivity index is 1.67. The third kappa shape index (κ3) is 4.82. The van der Waals surface area contributed by atoms with E-state index in [1.54, 1.807) is 55.8 Å². The summed E-state index contributed by atoms with van der Waals surface area (Å²) in [5, 5.41) is 4.90. The van der Waals surface area contributed by atoms with Crippen LogP contribution in [0.25, 0.3) is 33.2 Å². The van der Waals surface area contributed by atoms with Crippen molar-refractivity contribution in [1.29, 1.82) is 0 Å². The predicted octanol–water partition coefficient (Wildman–Crippen LogP) is 6.89. The number of fused-ring (bicyclic) bond motifs is 1. The average Bonchev–Trinajstić information content (AvgIpc) is 3.39. The number of aryl methyl sites for hydroxylation is 1. The van der Waals surface area contributed by atoms with Gasteiger partial charge in [0.15, 0.2) is 9.84 Å². The van der Waals surface area contributed by atoms with Crippen molar-refractivity contribution in [2.75, 3.05) is 7.11 Å². The Morgan fingerprint density at radius 3 is 2.59 bits per heavy atom. The molecule has 0 bridgehead atoms. The van der Waals surface area contributed by atoms with Gasteiger partial charge in [-0.2, -0.15) is 0 Å². The summed E-state index contributed by atoms with van der Waals surface area (Å²) in [4.78, 5) is 4.68. The lowest BCUT2D eigenvalue weighted by molar-refractivity contribution is 0.413. The van der Waals surface area contributed by atoms with Crippen LogP contribution in [0.3, 0.4) is 0 Å². The highest BCUT2D eigenvalue weighted by Crippen LogP contribution is 2.43. The van der Waals surface area contributed by atoms with Crippen molar-refractivity contribution in [3.05, 3.63) is 95.2 Å². The van der Waals surface area contributed by atoms with Crippen molar-refractivity contribution in [1.82, 2.24) is 10.1 Å². The number of hydrogen-bond donors (Lipinski definition) is 0. The molecule has 0 aliphatic heterocycles. The standard InChI is InChI=1S/C28H22ClFN2O4S/c1-3-17-15-31-26-12-21(37(33,34)16-20-9-10-36-32-20)7-8-22(26)28(17)24-13-25(29)23(14-27(24)35-2)18-5-4-6-19(30)11-18/h4-15H,3,16H2,1-2H3. The fourth-order valence-corrected chi connectivity index (χ4v) is 5.92. The molecule has 0 aliphatic rings. The molecule has 188 valence electrons. The van der Waals surface area contributed by atoms with Crippen LogP contribution in [0.4, 0.5) is 4.39 Å². The number of methoxy groups -OCH3 is 1. The highest BCUT2D eigenvalue weighted by Gasteiger charge is 2.21. The maximum Gasteiger partial charge on any atom is 0.184 e. The van der Waals surface area contributed by atoms with E-state index in [1.165, 1.54) is 24.5 Å². The SMILES string of the molecule is CCc1cnc2cc(S(=O)(=O)Cc3ccon3)ccc2c1-c1cc(Cl)c(-c2cccc(F)c2)cc1OC. The highest BCUT2D eigenvalue weighted by molar-refractivity contribution is 7.90. The molecule has 0 saturated heterocycles. The normalized spacial score (nSPS) is 11.7. The second kappa shape index (κ2) is 9.95. The van der Waals surface area contributed by atoms with Gasteiger partial charge in [0.05, 0.1) is 23.2 Å². The van der Waals surface area contributed by atoms with Gasteiger partial charge in [0.2, 0.25) is 0 Å². The van der Waals surface area contributed by atoms with E-state index in [0.717, 1.165) is 22.1 Å². The molecule has 9 heteroatoms. The van der Waals surface area contributed by atoms with Crippen LogP contribution in [0.5, 0.6) is 5.75 Å². The van der Waals surface area contributed by atoms with Gasteiger partial charge in [0.25, 0.3) is 0 Å². The van der Waals surface area contributed by atoms with Crippen LogP contribution in [0.15, 0.2) is 82.5 Å². The Bertz CT molecular complexity index is 1720. The van der Waals surface area contributed by atoms with Crippen molar-refractivity contribution in [3.63, 3.8) is 0 Å². The minimum absolute atomic E-state index is 0.136. The monoisotopic (exact) mass is 536 g/mol. The number of halogens is 2. The maximum absolute atomic E-state index is 13.9. The molecule has 0 unspecified atom stereocenters. The largest absolute Gasteiger partial charge is 0.496 e. The molecule has 2 heterocycles. The van der Waals surface area contributed by atoms with Crippen molar-refractivity contribution in [2.24, 2.45) is 0 Å². The number of nitrogens with zero attached hydrogens (tertiary/aromatic N) is 2. The van der Waals surface area contributed by atoms with Gasteiger partial charge in [-0.15, -0.1) is 0 Å². The van der Waals surface area contributed by atoms with Gasteiger partial charge < -0.3 is 9.26 Å². The summed E-state index contributed by atoms with van der Waals surface area (Å²) in [6, 6.07) is 16.2. The van der Waals surface area contributed by atoms with E-state index in [2.05, 4.69) is 10.1 Å².